The molecule has 0 N–H and O–H groups in total. The van der Waals surface area contributed by atoms with E-state index in [0.717, 1.165) is 0 Å². The quantitative estimate of drug-likeness (QED) is 0.153. The highest BCUT2D eigenvalue weighted by atomic mass is 16.6. The monoisotopic (exact) mass is 528 g/mol. The summed E-state index contributed by atoms with van der Waals surface area (Å²) in [5.74, 6) is -7.79. The van der Waals surface area contributed by atoms with Crippen LogP contribution in [0.2, 0.25) is 0 Å². The lowest BCUT2D eigenvalue weighted by Gasteiger charge is -2.19. The van der Waals surface area contributed by atoms with Crippen molar-refractivity contribution in [3.8, 4) is 0 Å². The highest BCUT2D eigenvalue weighted by molar-refractivity contribution is 5.97. The van der Waals surface area contributed by atoms with Gasteiger partial charge < -0.3 is 28.4 Å². The van der Waals surface area contributed by atoms with Crippen LogP contribution in [0.3, 0.4) is 0 Å². The van der Waals surface area contributed by atoms with E-state index in [4.69, 9.17) is 28.4 Å². The summed E-state index contributed by atoms with van der Waals surface area (Å²) < 4.78 is 29.7. The molecule has 0 aliphatic heterocycles. The van der Waals surface area contributed by atoms with Gasteiger partial charge in [-0.05, 0) is 34.6 Å². The molecule has 0 radical (unpaired) electrons. The Hall–Kier alpha value is -3.70. The Labute approximate surface area is 216 Å². The third-order valence-electron chi connectivity index (χ3n) is 4.61. The minimum atomic E-state index is -1.32. The van der Waals surface area contributed by atoms with Gasteiger partial charge in [0, 0.05) is 11.1 Å². The summed E-state index contributed by atoms with van der Waals surface area (Å²) in [6.07, 6.45) is -2.06. The van der Waals surface area contributed by atoms with E-state index in [1.54, 1.807) is 27.7 Å². The van der Waals surface area contributed by atoms with Crippen molar-refractivity contribution in [1.82, 2.24) is 0 Å². The van der Waals surface area contributed by atoms with E-state index < -0.39 is 73.2 Å². The molecule has 208 valence electrons. The molecule has 0 bridgehead atoms. The zero-order valence-corrected chi connectivity index (χ0v) is 22.0. The molecule has 0 rings (SSSR count). The molecule has 3 unspecified atom stereocenters. The minimum absolute atomic E-state index is 0.0161. The standard InChI is InChI=1S/C25H36O12/c1-8-32-22(28)16(6)18(24(30)34-10-3)12-20(26)36-14-15(5)37-21(27)13-19(25(31)35-11-4)17(7)23(29)33-9-2/h15,18-19H,6-14H2,1-5H3. The second-order valence-electron chi connectivity index (χ2n) is 7.49. The topological polar surface area (TPSA) is 158 Å². The molecular weight excluding hydrogens is 492 g/mol. The van der Waals surface area contributed by atoms with Gasteiger partial charge in [-0.2, -0.15) is 0 Å². The highest BCUT2D eigenvalue weighted by Gasteiger charge is 2.33. The zero-order valence-electron chi connectivity index (χ0n) is 22.0. The van der Waals surface area contributed by atoms with Gasteiger partial charge in [0.2, 0.25) is 0 Å². The fourth-order valence-electron chi connectivity index (χ4n) is 2.82. The van der Waals surface area contributed by atoms with Gasteiger partial charge in [-0.3, -0.25) is 19.2 Å². The average molecular weight is 529 g/mol. The lowest BCUT2D eigenvalue weighted by molar-refractivity contribution is -0.163. The van der Waals surface area contributed by atoms with Gasteiger partial charge in [0.05, 0.1) is 51.1 Å². The Bertz CT molecular complexity index is 860. The third-order valence-corrected chi connectivity index (χ3v) is 4.61. The first-order chi connectivity index (χ1) is 17.4. The summed E-state index contributed by atoms with van der Waals surface area (Å²) in [6, 6.07) is 0. The number of hydrogen-bond acceptors (Lipinski definition) is 12. The van der Waals surface area contributed by atoms with Crippen LogP contribution in [-0.4, -0.2) is 75.0 Å². The summed E-state index contributed by atoms with van der Waals surface area (Å²) in [6.45, 7) is 14.5. The van der Waals surface area contributed by atoms with Gasteiger partial charge in [0.1, 0.15) is 12.7 Å². The Balaban J connectivity index is 5.08. The van der Waals surface area contributed by atoms with Crippen LogP contribution in [0.5, 0.6) is 0 Å². The van der Waals surface area contributed by atoms with Crippen LogP contribution >= 0.6 is 0 Å². The summed E-state index contributed by atoms with van der Waals surface area (Å²) in [7, 11) is 0. The maximum Gasteiger partial charge on any atom is 0.334 e. The van der Waals surface area contributed by atoms with Crippen LogP contribution in [0.15, 0.2) is 24.3 Å². The van der Waals surface area contributed by atoms with Gasteiger partial charge in [0.15, 0.2) is 0 Å². The fourth-order valence-corrected chi connectivity index (χ4v) is 2.82. The summed E-state index contributed by atoms with van der Waals surface area (Å²) in [5, 5.41) is 0. The summed E-state index contributed by atoms with van der Waals surface area (Å²) in [5.41, 5.74) is -0.522. The first-order valence-corrected chi connectivity index (χ1v) is 11.8. The van der Waals surface area contributed by atoms with E-state index in [1.165, 1.54) is 6.92 Å². The first-order valence-electron chi connectivity index (χ1n) is 11.8. The number of hydrogen-bond donors (Lipinski definition) is 0. The van der Waals surface area contributed by atoms with E-state index in [0.29, 0.717) is 0 Å². The molecule has 0 aromatic carbocycles. The van der Waals surface area contributed by atoms with E-state index in [9.17, 15) is 28.8 Å². The van der Waals surface area contributed by atoms with Crippen LogP contribution in [0.25, 0.3) is 0 Å². The van der Waals surface area contributed by atoms with Gasteiger partial charge in [-0.25, -0.2) is 9.59 Å². The van der Waals surface area contributed by atoms with Gasteiger partial charge in [0.25, 0.3) is 0 Å². The molecule has 0 saturated heterocycles. The van der Waals surface area contributed by atoms with Crippen molar-refractivity contribution in [2.75, 3.05) is 33.0 Å². The Morgan fingerprint density at radius 2 is 0.973 bits per heavy atom. The van der Waals surface area contributed by atoms with Crippen molar-refractivity contribution in [2.45, 2.75) is 53.6 Å². The lowest BCUT2D eigenvalue weighted by atomic mass is 9.97. The van der Waals surface area contributed by atoms with Crippen LogP contribution < -0.4 is 0 Å². The molecule has 12 nitrogen and oxygen atoms in total. The molecule has 0 aliphatic rings. The van der Waals surface area contributed by atoms with Gasteiger partial charge in [-0.15, -0.1) is 0 Å². The summed E-state index contributed by atoms with van der Waals surface area (Å²) in [4.78, 5) is 73.1. The molecule has 0 aromatic heterocycles. The van der Waals surface area contributed by atoms with Crippen molar-refractivity contribution >= 4 is 35.8 Å². The number of carbonyl (C=O) groups is 6. The number of esters is 6. The molecule has 0 fully saturated rings. The second kappa shape index (κ2) is 17.7. The van der Waals surface area contributed by atoms with E-state index in [-0.39, 0.29) is 37.6 Å². The SMILES string of the molecule is C=C(C(=O)OCC)C(CC(=O)OCC(C)OC(=O)CC(C(=C)C(=O)OCC)C(=O)OCC)C(=O)OCC. The van der Waals surface area contributed by atoms with Crippen molar-refractivity contribution in [1.29, 1.82) is 0 Å². The lowest BCUT2D eigenvalue weighted by Crippen LogP contribution is -2.30. The van der Waals surface area contributed by atoms with Crippen LogP contribution in [0, 0.1) is 11.8 Å². The van der Waals surface area contributed by atoms with Crippen molar-refractivity contribution in [3.63, 3.8) is 0 Å². The molecule has 0 saturated carbocycles. The van der Waals surface area contributed by atoms with Gasteiger partial charge >= 0.3 is 35.8 Å². The van der Waals surface area contributed by atoms with Crippen molar-refractivity contribution in [2.24, 2.45) is 11.8 Å². The Morgan fingerprint density at radius 3 is 1.35 bits per heavy atom. The molecule has 3 atom stereocenters. The first kappa shape index (κ1) is 33.3. The van der Waals surface area contributed by atoms with Crippen molar-refractivity contribution in [3.05, 3.63) is 24.3 Å². The Kier molecular flexibility index (Phi) is 15.9. The predicted octanol–water partition coefficient (Wildman–Crippen LogP) is 1.84. The normalized spacial score (nSPS) is 12.7. The zero-order chi connectivity index (χ0) is 28.5. The number of rotatable bonds is 17. The minimum Gasteiger partial charge on any atom is -0.466 e. The van der Waals surface area contributed by atoms with Crippen LogP contribution in [0.4, 0.5) is 0 Å². The van der Waals surface area contributed by atoms with Crippen molar-refractivity contribution < 1.29 is 57.2 Å². The maximum absolute atomic E-state index is 12.4. The van der Waals surface area contributed by atoms with E-state index >= 15 is 0 Å². The third kappa shape index (κ3) is 12.2. The molecule has 0 aliphatic carbocycles. The van der Waals surface area contributed by atoms with E-state index in [1.807, 2.05) is 0 Å². The smallest absolute Gasteiger partial charge is 0.334 e. The molecule has 0 aromatic rings. The van der Waals surface area contributed by atoms with E-state index in [2.05, 4.69) is 13.2 Å². The molecule has 0 spiro atoms. The fraction of sp³-hybridized carbons (Fsp3) is 0.600. The average Bonchev–Trinajstić information content (AvgIpc) is 2.84. The second-order valence-corrected chi connectivity index (χ2v) is 7.49. The van der Waals surface area contributed by atoms with Crippen LogP contribution in [0.1, 0.15) is 47.5 Å². The van der Waals surface area contributed by atoms with Gasteiger partial charge in [-0.1, -0.05) is 13.2 Å². The largest absolute Gasteiger partial charge is 0.466 e. The number of ether oxygens (including phenoxy) is 6. The highest BCUT2D eigenvalue weighted by Crippen LogP contribution is 2.20. The molecular formula is C25H36O12. The molecule has 37 heavy (non-hydrogen) atoms. The summed E-state index contributed by atoms with van der Waals surface area (Å²) >= 11 is 0. The van der Waals surface area contributed by atoms with Crippen LogP contribution in [-0.2, 0) is 57.2 Å². The maximum atomic E-state index is 12.4. The molecule has 0 amide bonds. The molecule has 12 heteroatoms. The number of carbonyl (C=O) groups excluding carboxylic acids is 6. The Morgan fingerprint density at radius 1 is 0.595 bits per heavy atom. The molecule has 0 heterocycles. The predicted molar refractivity (Wildman–Crippen MR) is 128 cm³/mol.